The number of benzene rings is 2. The van der Waals surface area contributed by atoms with Crippen molar-refractivity contribution in [2.75, 3.05) is 18.1 Å². The van der Waals surface area contributed by atoms with Crippen LogP contribution in [0.3, 0.4) is 0 Å². The minimum absolute atomic E-state index is 0.155. The summed E-state index contributed by atoms with van der Waals surface area (Å²) in [5, 5.41) is 21.2. The lowest BCUT2D eigenvalue weighted by atomic mass is 9.66. The maximum atomic E-state index is 14.7. The Hall–Kier alpha value is -2.81. The number of aliphatic hydroxyl groups excluding tert-OH is 1. The van der Waals surface area contributed by atoms with Gasteiger partial charge in [0.1, 0.15) is 6.04 Å². The van der Waals surface area contributed by atoms with E-state index in [4.69, 9.17) is 11.6 Å². The van der Waals surface area contributed by atoms with Crippen LogP contribution >= 0.6 is 23.4 Å². The molecule has 3 heterocycles. The summed E-state index contributed by atoms with van der Waals surface area (Å²) in [7, 11) is 0. The summed E-state index contributed by atoms with van der Waals surface area (Å²) >= 11 is 8.07. The second kappa shape index (κ2) is 9.74. The standard InChI is InChI=1S/C29H31ClN2O5S/c1-4-15-31(23-17(2)9-8-12-19(23)30)26(35)24-29-14-13-28(3,38-29)22(27(36)37)21(29)25(34)32(24)20(16-33)18-10-6-5-7-11-18/h4-12,20-22,24,33H,1,13-16H2,2-3H3,(H,36,37)/t20-,21+,22-,24?,28+,29?/m1/s1. The molecule has 2 N–H and O–H groups in total. The van der Waals surface area contributed by atoms with Crippen LogP contribution in [0, 0.1) is 18.8 Å². The van der Waals surface area contributed by atoms with Gasteiger partial charge in [-0.05, 0) is 43.9 Å². The molecule has 0 aromatic heterocycles. The van der Waals surface area contributed by atoms with Crippen molar-refractivity contribution >= 4 is 46.8 Å². The number of fused-ring (bicyclic) bond motifs is 1. The van der Waals surface area contributed by atoms with Crippen molar-refractivity contribution in [3.8, 4) is 0 Å². The molecule has 3 saturated heterocycles. The molecule has 38 heavy (non-hydrogen) atoms. The van der Waals surface area contributed by atoms with Gasteiger partial charge in [-0.3, -0.25) is 14.4 Å². The van der Waals surface area contributed by atoms with Crippen LogP contribution in [0.1, 0.15) is 36.9 Å². The van der Waals surface area contributed by atoms with Crippen LogP contribution in [0.5, 0.6) is 0 Å². The van der Waals surface area contributed by atoms with Gasteiger partial charge in [0.05, 0.1) is 39.9 Å². The van der Waals surface area contributed by atoms with Crippen molar-refractivity contribution in [1.82, 2.24) is 4.90 Å². The normalized spacial score (nSPS) is 30.3. The smallest absolute Gasteiger partial charge is 0.308 e. The van der Waals surface area contributed by atoms with E-state index in [1.54, 1.807) is 17.0 Å². The van der Waals surface area contributed by atoms with Gasteiger partial charge in [-0.2, -0.15) is 0 Å². The van der Waals surface area contributed by atoms with Crippen molar-refractivity contribution in [3.05, 3.63) is 77.3 Å². The number of anilines is 1. The minimum atomic E-state index is -1.03. The molecule has 200 valence electrons. The molecule has 3 fully saturated rings. The number of aliphatic hydroxyl groups is 1. The highest BCUT2D eigenvalue weighted by molar-refractivity contribution is 8.02. The van der Waals surface area contributed by atoms with Crippen LogP contribution in [0.2, 0.25) is 5.02 Å². The van der Waals surface area contributed by atoms with E-state index in [9.17, 15) is 24.6 Å². The molecule has 0 radical (unpaired) electrons. The summed E-state index contributed by atoms with van der Waals surface area (Å²) in [6, 6.07) is 12.7. The summed E-state index contributed by atoms with van der Waals surface area (Å²) < 4.78 is -1.61. The van der Waals surface area contributed by atoms with E-state index in [1.165, 1.54) is 16.7 Å². The fourth-order valence-corrected chi connectivity index (χ4v) is 9.57. The van der Waals surface area contributed by atoms with E-state index in [2.05, 4.69) is 6.58 Å². The maximum absolute atomic E-state index is 14.7. The maximum Gasteiger partial charge on any atom is 0.308 e. The van der Waals surface area contributed by atoms with E-state index in [0.29, 0.717) is 29.1 Å². The summed E-state index contributed by atoms with van der Waals surface area (Å²) in [5.41, 5.74) is 2.00. The summed E-state index contributed by atoms with van der Waals surface area (Å²) in [5.74, 6) is -3.59. The molecule has 1 spiro atoms. The highest BCUT2D eigenvalue weighted by Gasteiger charge is 2.78. The highest BCUT2D eigenvalue weighted by Crippen LogP contribution is 2.72. The number of aliphatic carboxylic acids is 1. The molecule has 6 atom stereocenters. The van der Waals surface area contributed by atoms with Crippen molar-refractivity contribution in [2.45, 2.75) is 48.3 Å². The average Bonchev–Trinajstić information content (AvgIpc) is 3.45. The predicted octanol–water partition coefficient (Wildman–Crippen LogP) is 4.47. The molecule has 0 aliphatic carbocycles. The van der Waals surface area contributed by atoms with E-state index in [0.717, 1.165) is 5.56 Å². The van der Waals surface area contributed by atoms with Gasteiger partial charge in [-0.15, -0.1) is 18.3 Å². The zero-order chi connectivity index (χ0) is 27.4. The van der Waals surface area contributed by atoms with Gasteiger partial charge in [-0.1, -0.05) is 60.1 Å². The van der Waals surface area contributed by atoms with Crippen LogP contribution in [-0.2, 0) is 14.4 Å². The van der Waals surface area contributed by atoms with Gasteiger partial charge in [0.25, 0.3) is 5.91 Å². The molecule has 7 nitrogen and oxygen atoms in total. The van der Waals surface area contributed by atoms with Gasteiger partial charge in [0.15, 0.2) is 0 Å². The van der Waals surface area contributed by atoms with E-state index in [-0.39, 0.29) is 12.5 Å². The number of rotatable bonds is 8. The monoisotopic (exact) mass is 554 g/mol. The highest BCUT2D eigenvalue weighted by atomic mass is 35.5. The number of carboxylic acids is 1. The molecule has 2 aromatic rings. The number of carboxylic acid groups (broad SMARTS) is 1. The van der Waals surface area contributed by atoms with Crippen molar-refractivity contribution < 1.29 is 24.6 Å². The number of carbonyl (C=O) groups is 3. The Morgan fingerprint density at radius 2 is 1.95 bits per heavy atom. The number of aryl methyl sites for hydroxylation is 1. The van der Waals surface area contributed by atoms with Crippen molar-refractivity contribution in [3.63, 3.8) is 0 Å². The summed E-state index contributed by atoms with van der Waals surface area (Å²) in [6.45, 7) is 7.35. The first-order valence-electron chi connectivity index (χ1n) is 12.7. The fourth-order valence-electron chi connectivity index (χ4n) is 6.92. The molecule has 3 aliphatic rings. The predicted molar refractivity (Wildman–Crippen MR) is 148 cm³/mol. The summed E-state index contributed by atoms with van der Waals surface area (Å²) in [4.78, 5) is 44.6. The van der Waals surface area contributed by atoms with Crippen LogP contribution in [0.25, 0.3) is 0 Å². The number of hydrogen-bond acceptors (Lipinski definition) is 5. The number of likely N-dealkylation sites (tertiary alicyclic amines) is 1. The minimum Gasteiger partial charge on any atom is -0.481 e. The third-order valence-electron chi connectivity index (χ3n) is 8.44. The van der Waals surface area contributed by atoms with Gasteiger partial charge in [0.2, 0.25) is 5.91 Å². The number of nitrogens with zero attached hydrogens (tertiary/aromatic N) is 2. The van der Waals surface area contributed by atoms with E-state index < -0.39 is 51.9 Å². The molecule has 9 heteroatoms. The Morgan fingerprint density at radius 3 is 2.55 bits per heavy atom. The third-order valence-corrected chi connectivity index (χ3v) is 10.7. The van der Waals surface area contributed by atoms with Gasteiger partial charge in [-0.25, -0.2) is 0 Å². The zero-order valence-corrected chi connectivity index (χ0v) is 22.9. The number of halogens is 1. The van der Waals surface area contributed by atoms with Gasteiger partial charge >= 0.3 is 5.97 Å². The Labute approximate surface area is 231 Å². The topological polar surface area (TPSA) is 98.2 Å². The second-order valence-electron chi connectivity index (χ2n) is 10.6. The first-order chi connectivity index (χ1) is 18.1. The first-order valence-corrected chi connectivity index (χ1v) is 13.9. The second-order valence-corrected chi connectivity index (χ2v) is 12.9. The molecule has 2 amide bonds. The quantitative estimate of drug-likeness (QED) is 0.467. The summed E-state index contributed by atoms with van der Waals surface area (Å²) in [6.07, 6.45) is 2.72. The SMILES string of the molecule is C=CCN(C(=O)C1N([C@H](CO)c2ccccc2)C(=O)[C@@H]2[C@H](C(=O)O)[C@]3(C)CCC12S3)c1c(C)cccc1Cl. The Balaban J connectivity index is 1.70. The van der Waals surface area contributed by atoms with Crippen LogP contribution in [0.15, 0.2) is 61.2 Å². The molecule has 0 saturated carbocycles. The molecule has 2 unspecified atom stereocenters. The lowest BCUT2D eigenvalue weighted by molar-refractivity contribution is -0.150. The molecular formula is C29H31ClN2O5S. The molecular weight excluding hydrogens is 524 g/mol. The number of hydrogen-bond donors (Lipinski definition) is 2. The molecule has 2 aromatic carbocycles. The van der Waals surface area contributed by atoms with E-state index in [1.807, 2.05) is 56.3 Å². The number of amides is 2. The fraction of sp³-hybridized carbons (Fsp3) is 0.414. The number of carbonyl (C=O) groups excluding carboxylic acids is 2. The van der Waals surface area contributed by atoms with Crippen molar-refractivity contribution in [1.29, 1.82) is 0 Å². The average molecular weight is 555 g/mol. The molecule has 5 rings (SSSR count). The largest absolute Gasteiger partial charge is 0.481 e. The van der Waals surface area contributed by atoms with Gasteiger partial charge < -0.3 is 20.0 Å². The van der Waals surface area contributed by atoms with Crippen molar-refractivity contribution in [2.24, 2.45) is 11.8 Å². The lowest BCUT2D eigenvalue weighted by Crippen LogP contribution is -2.56. The van der Waals surface area contributed by atoms with Gasteiger partial charge in [0, 0.05) is 11.3 Å². The number of thioether (sulfide) groups is 1. The van der Waals surface area contributed by atoms with E-state index >= 15 is 0 Å². The first kappa shape index (κ1) is 26.8. The van der Waals surface area contributed by atoms with Crippen LogP contribution < -0.4 is 4.90 Å². The zero-order valence-electron chi connectivity index (χ0n) is 21.3. The van der Waals surface area contributed by atoms with Crippen LogP contribution in [-0.4, -0.2) is 61.6 Å². The Kier molecular flexibility index (Phi) is 6.86. The van der Waals surface area contributed by atoms with Crippen LogP contribution in [0.4, 0.5) is 5.69 Å². The lowest BCUT2D eigenvalue weighted by Gasteiger charge is -2.40. The Bertz CT molecular complexity index is 1280. The Morgan fingerprint density at radius 1 is 1.24 bits per heavy atom. The molecule has 2 bridgehead atoms. The number of para-hydroxylation sites is 1. The third kappa shape index (κ3) is 3.80. The molecule has 3 aliphatic heterocycles.